The molecule has 0 spiro atoms. The maximum Gasteiger partial charge on any atom is 0.320 e. The van der Waals surface area contributed by atoms with Crippen LogP contribution in [0.4, 0.5) is 0 Å². The van der Waals surface area contributed by atoms with Crippen molar-refractivity contribution in [2.75, 3.05) is 19.8 Å². The van der Waals surface area contributed by atoms with Crippen molar-refractivity contribution in [2.24, 2.45) is 0 Å². The summed E-state index contributed by atoms with van der Waals surface area (Å²) in [6, 6.07) is 1.21. The number of ether oxygens (including phenoxy) is 2. The smallest absolute Gasteiger partial charge is 0.320 e. The van der Waals surface area contributed by atoms with E-state index in [0.29, 0.717) is 6.10 Å². The molecule has 9 heteroatoms. The lowest BCUT2D eigenvalue weighted by Crippen LogP contribution is -2.63. The highest BCUT2D eigenvalue weighted by Crippen LogP contribution is 2.30. The number of rotatable bonds is 11. The van der Waals surface area contributed by atoms with Gasteiger partial charge in [0, 0.05) is 6.61 Å². The first-order chi connectivity index (χ1) is 10.2. The van der Waals surface area contributed by atoms with Crippen molar-refractivity contribution in [3.8, 4) is 0 Å². The van der Waals surface area contributed by atoms with Crippen molar-refractivity contribution in [3.05, 3.63) is 0 Å². The quantitative estimate of drug-likeness (QED) is 0.330. The Morgan fingerprint density at radius 2 is 1.57 bits per heavy atom. The van der Waals surface area contributed by atoms with Gasteiger partial charge in [-0.2, -0.15) is 0 Å². The average Bonchev–Trinajstić information content (AvgIpc) is 3.06. The molecule has 0 aromatic heterocycles. The first kappa shape index (κ1) is 21.7. The van der Waals surface area contributed by atoms with Crippen LogP contribution in [0.15, 0.2) is 0 Å². The van der Waals surface area contributed by atoms with Crippen LogP contribution in [-0.4, -0.2) is 63.3 Å². The Balaban J connectivity index is 2.46. The lowest BCUT2D eigenvalue weighted by Gasteiger charge is -2.44. The molecule has 1 N–H and O–H groups in total. The molecule has 0 saturated carbocycles. The molecule has 1 heterocycles. The van der Waals surface area contributed by atoms with Gasteiger partial charge in [0.05, 0.1) is 20.8 Å². The predicted octanol–water partition coefficient (Wildman–Crippen LogP) is 3.21. The highest BCUT2D eigenvalue weighted by molar-refractivity contribution is 7.39. The second-order valence-electron chi connectivity index (χ2n) is 8.58. The highest BCUT2D eigenvalue weighted by atomic mass is 29.3. The Labute approximate surface area is 146 Å². The summed E-state index contributed by atoms with van der Waals surface area (Å²) in [7, 11) is -8.15. The van der Waals surface area contributed by atoms with Crippen LogP contribution >= 0.6 is 0 Å². The summed E-state index contributed by atoms with van der Waals surface area (Å²) in [6.45, 7) is 19.7. The largest absolute Gasteiger partial charge is 0.439 e. The fourth-order valence-corrected chi connectivity index (χ4v) is 22.7. The molecule has 0 radical (unpaired) electrons. The Bertz CT molecular complexity index is 378. The molecule has 0 amide bonds. The summed E-state index contributed by atoms with van der Waals surface area (Å²) < 4.78 is 23.4. The number of hydrogen-bond acceptors (Lipinski definition) is 5. The van der Waals surface area contributed by atoms with Crippen molar-refractivity contribution >= 4 is 32.5 Å². The van der Waals surface area contributed by atoms with E-state index in [1.54, 1.807) is 0 Å². The van der Waals surface area contributed by atoms with Crippen LogP contribution in [0.2, 0.25) is 58.4 Å². The van der Waals surface area contributed by atoms with Crippen molar-refractivity contribution in [3.63, 3.8) is 0 Å². The molecule has 1 rings (SSSR count). The zero-order chi connectivity index (χ0) is 17.9. The molecule has 1 saturated heterocycles. The minimum Gasteiger partial charge on any atom is -0.439 e. The monoisotopic (exact) mass is 396 g/mol. The molecule has 138 valence electrons. The van der Waals surface area contributed by atoms with Crippen LogP contribution in [0.25, 0.3) is 0 Å². The van der Waals surface area contributed by atoms with E-state index in [0.717, 1.165) is 26.2 Å². The van der Waals surface area contributed by atoms with Crippen LogP contribution < -0.4 is 0 Å². The van der Waals surface area contributed by atoms with E-state index in [4.69, 9.17) is 17.7 Å². The predicted molar refractivity (Wildman–Crippen MR) is 104 cm³/mol. The summed E-state index contributed by atoms with van der Waals surface area (Å²) in [6.07, 6.45) is 1.44. The average molecular weight is 397 g/mol. The second-order valence-corrected chi connectivity index (χ2v) is 30.9. The van der Waals surface area contributed by atoms with Gasteiger partial charge in [0.1, 0.15) is 6.10 Å². The van der Waals surface area contributed by atoms with Crippen molar-refractivity contribution < 1.29 is 22.5 Å². The summed E-state index contributed by atoms with van der Waals surface area (Å²) in [5, 5.41) is 0. The van der Waals surface area contributed by atoms with E-state index in [2.05, 4.69) is 39.3 Å². The summed E-state index contributed by atoms with van der Waals surface area (Å²) >= 11 is 0. The van der Waals surface area contributed by atoms with Crippen molar-refractivity contribution in [1.82, 2.24) is 0 Å². The van der Waals surface area contributed by atoms with Gasteiger partial charge in [-0.05, 0) is 45.7 Å². The van der Waals surface area contributed by atoms with Crippen LogP contribution in [0.3, 0.4) is 0 Å². The lowest BCUT2D eigenvalue weighted by atomic mass is 10.5. The molecule has 23 heavy (non-hydrogen) atoms. The molecule has 1 aliphatic heterocycles. The van der Waals surface area contributed by atoms with Gasteiger partial charge in [0.2, 0.25) is 0 Å². The molecule has 1 atom stereocenters. The van der Waals surface area contributed by atoms with E-state index in [1.807, 2.05) is 13.1 Å². The van der Waals surface area contributed by atoms with Gasteiger partial charge in [0.15, 0.2) is 7.83 Å². The topological polar surface area (TPSA) is 60.5 Å². The zero-order valence-electron chi connectivity index (χ0n) is 16.2. The molecular formula is C14H36O5Si4. The third kappa shape index (κ3) is 8.54. The Morgan fingerprint density at radius 3 is 2.04 bits per heavy atom. The van der Waals surface area contributed by atoms with E-state index in [1.165, 1.54) is 6.04 Å². The molecule has 0 bridgehead atoms. The van der Waals surface area contributed by atoms with Gasteiger partial charge < -0.3 is 22.5 Å². The van der Waals surface area contributed by atoms with Crippen LogP contribution in [0, 0.1) is 0 Å². The normalized spacial score (nSPS) is 20.0. The minimum atomic E-state index is -2.55. The molecule has 0 aliphatic carbocycles. The maximum atomic E-state index is 10.1. The van der Waals surface area contributed by atoms with E-state index in [9.17, 15) is 4.80 Å². The van der Waals surface area contributed by atoms with Crippen LogP contribution in [0.1, 0.15) is 6.42 Å². The molecule has 1 unspecified atom stereocenters. The number of epoxide rings is 1. The fraction of sp³-hybridized carbons (Fsp3) is 1.00. The Kier molecular flexibility index (Phi) is 7.47. The van der Waals surface area contributed by atoms with Crippen molar-refractivity contribution in [2.45, 2.75) is 70.9 Å². The van der Waals surface area contributed by atoms with Gasteiger partial charge in [0.25, 0.3) is 0 Å². The SMILES string of the molecule is C[Si](C)(O)O[Si](C)(C)O[Si](C)(C)[Si](C)(C)CCCOCC1CO1. The Hall–Kier alpha value is 0.668. The van der Waals surface area contributed by atoms with Gasteiger partial charge in [-0.25, -0.2) is 0 Å². The molecule has 0 aromatic carbocycles. The fourth-order valence-electron chi connectivity index (χ4n) is 2.67. The zero-order valence-corrected chi connectivity index (χ0v) is 20.2. The first-order valence-electron chi connectivity index (χ1n) is 8.56. The molecular weight excluding hydrogens is 360 g/mol. The molecule has 1 aliphatic rings. The molecule has 0 aromatic rings. The van der Waals surface area contributed by atoms with E-state index >= 15 is 0 Å². The van der Waals surface area contributed by atoms with Gasteiger partial charge >= 0.3 is 17.1 Å². The summed E-state index contributed by atoms with van der Waals surface area (Å²) in [4.78, 5) is 10.1. The van der Waals surface area contributed by atoms with Gasteiger partial charge in [-0.1, -0.05) is 19.1 Å². The first-order valence-corrected chi connectivity index (χ1v) is 21.3. The third-order valence-electron chi connectivity index (χ3n) is 4.42. The highest BCUT2D eigenvalue weighted by Gasteiger charge is 2.47. The summed E-state index contributed by atoms with van der Waals surface area (Å²) in [5.41, 5.74) is 0. The third-order valence-corrected chi connectivity index (χ3v) is 28.7. The maximum absolute atomic E-state index is 10.1. The van der Waals surface area contributed by atoms with Crippen molar-refractivity contribution in [1.29, 1.82) is 0 Å². The van der Waals surface area contributed by atoms with Gasteiger partial charge in [-0.15, -0.1) is 0 Å². The molecule has 1 fully saturated rings. The van der Waals surface area contributed by atoms with E-state index in [-0.39, 0.29) is 0 Å². The number of hydrogen-bond donors (Lipinski definition) is 1. The van der Waals surface area contributed by atoms with Gasteiger partial charge in [-0.3, -0.25) is 0 Å². The minimum absolute atomic E-state index is 0.351. The van der Waals surface area contributed by atoms with Crippen LogP contribution in [-0.2, 0) is 17.7 Å². The van der Waals surface area contributed by atoms with E-state index < -0.39 is 32.5 Å². The second kappa shape index (κ2) is 7.92. The van der Waals surface area contributed by atoms with Crippen LogP contribution in [0.5, 0.6) is 0 Å². The Morgan fingerprint density at radius 1 is 1.00 bits per heavy atom. The molecule has 5 nitrogen and oxygen atoms in total. The lowest BCUT2D eigenvalue weighted by molar-refractivity contribution is 0.117. The summed E-state index contributed by atoms with van der Waals surface area (Å²) in [5.74, 6) is 0. The standard InChI is InChI=1S/C14H36O5Si4/c1-20(2,11-9-10-16-12-14-13-17-14)23(7,8)19-22(5,6)18-21(3,4)15/h14-15H,9-13H2,1-8H3.